The van der Waals surface area contributed by atoms with Crippen LogP contribution >= 0.6 is 11.8 Å². The molecule has 3 rings (SSSR count). The molecule has 2 fully saturated rings. The number of carboxylic acid groups (broad SMARTS) is 1. The number of unbranched alkanes of at least 4 members (excludes halogenated alkanes) is 2. The molecule has 2 N–H and O–H groups in total. The van der Waals surface area contributed by atoms with Gasteiger partial charge in [-0.05, 0) is 37.3 Å². The van der Waals surface area contributed by atoms with Gasteiger partial charge in [0.05, 0.1) is 18.9 Å². The van der Waals surface area contributed by atoms with Crippen LogP contribution in [0.5, 0.6) is 5.75 Å². The molecular weight excluding hydrogens is 440 g/mol. The fourth-order valence-corrected chi connectivity index (χ4v) is 5.56. The lowest BCUT2D eigenvalue weighted by Gasteiger charge is -2.31. The van der Waals surface area contributed by atoms with Crippen LogP contribution in [0.1, 0.15) is 50.6 Å². The average molecular weight is 475 g/mol. The van der Waals surface area contributed by atoms with Crippen molar-refractivity contribution < 1.29 is 24.2 Å². The van der Waals surface area contributed by atoms with Crippen molar-refractivity contribution in [2.45, 2.75) is 50.6 Å². The first-order valence-corrected chi connectivity index (χ1v) is 13.0. The summed E-state index contributed by atoms with van der Waals surface area (Å²) in [5, 5.41) is 13.5. The molecule has 33 heavy (non-hydrogen) atoms. The molecule has 0 aromatic heterocycles. The Morgan fingerprint density at radius 1 is 1.24 bits per heavy atom. The number of nitrogens with zero attached hydrogens (tertiary/aromatic N) is 1. The smallest absolute Gasteiger partial charge is 0.324 e. The number of ether oxygens (including phenoxy) is 1. The van der Waals surface area contributed by atoms with Crippen molar-refractivity contribution in [3.05, 3.63) is 42.0 Å². The van der Waals surface area contributed by atoms with Gasteiger partial charge >= 0.3 is 5.97 Å². The molecule has 1 aromatic carbocycles. The van der Waals surface area contributed by atoms with Crippen LogP contribution in [0, 0.1) is 11.8 Å². The molecule has 0 radical (unpaired) electrons. The zero-order valence-electron chi connectivity index (χ0n) is 19.6. The Morgan fingerprint density at radius 3 is 2.64 bits per heavy atom. The molecule has 4 atom stereocenters. The molecule has 0 aliphatic carbocycles. The summed E-state index contributed by atoms with van der Waals surface area (Å²) < 4.78 is 5.51. The number of benzene rings is 1. The molecule has 7 nitrogen and oxygen atoms in total. The van der Waals surface area contributed by atoms with Crippen LogP contribution in [0.2, 0.25) is 0 Å². The highest BCUT2D eigenvalue weighted by molar-refractivity contribution is 7.98. The number of carboxylic acids is 1. The van der Waals surface area contributed by atoms with E-state index in [0.717, 1.165) is 19.3 Å². The third-order valence-corrected chi connectivity index (χ3v) is 7.32. The summed E-state index contributed by atoms with van der Waals surface area (Å²) in [5.41, 5.74) is -0.803. The van der Waals surface area contributed by atoms with Gasteiger partial charge in [-0.2, -0.15) is 11.8 Å². The minimum Gasteiger partial charge on any atom is -0.496 e. The number of fused-ring (bicyclic) bond motifs is 1. The van der Waals surface area contributed by atoms with E-state index in [2.05, 4.69) is 18.3 Å². The standard InChI is InChI=1S/C25H34N2O5S/c1-4-5-6-7-8-11-15-27-22(28)19-20(23(27)29)25(24(30)31,14-16-33-3)26-21(19)17-12-9-10-13-18(17)32-2/h7-10,12-13,19-21,26H,4-6,11,14-16H2,1-3H3,(H,30,31)/b8-7+. The Bertz CT molecular complexity index is 905. The van der Waals surface area contributed by atoms with Crippen molar-refractivity contribution in [1.29, 1.82) is 0 Å². The molecule has 180 valence electrons. The second-order valence-electron chi connectivity index (χ2n) is 8.62. The maximum Gasteiger partial charge on any atom is 0.324 e. The van der Waals surface area contributed by atoms with Gasteiger partial charge in [0.1, 0.15) is 11.3 Å². The predicted octanol–water partition coefficient (Wildman–Crippen LogP) is 3.65. The van der Waals surface area contributed by atoms with Crippen LogP contribution in [-0.4, -0.2) is 59.0 Å². The van der Waals surface area contributed by atoms with Crippen molar-refractivity contribution in [2.75, 3.05) is 25.7 Å². The summed E-state index contributed by atoms with van der Waals surface area (Å²) >= 11 is 1.52. The minimum absolute atomic E-state index is 0.250. The second kappa shape index (κ2) is 11.2. The SMILES string of the molecule is CCCC/C=C/CCN1C(=O)C2C(c3ccccc3OC)NC(CCSC)(C(=O)O)C2C1=O. The fourth-order valence-electron chi connectivity index (χ4n) is 5.03. The summed E-state index contributed by atoms with van der Waals surface area (Å²) in [6.45, 7) is 2.40. The highest BCUT2D eigenvalue weighted by atomic mass is 32.2. The molecule has 0 spiro atoms. The molecule has 0 bridgehead atoms. The number of nitrogens with one attached hydrogen (secondary N) is 1. The number of likely N-dealkylation sites (tertiary alicyclic amines) is 1. The van der Waals surface area contributed by atoms with E-state index in [1.165, 1.54) is 16.7 Å². The monoisotopic (exact) mass is 474 g/mol. The van der Waals surface area contributed by atoms with Gasteiger partial charge in [-0.15, -0.1) is 0 Å². The number of amides is 2. The lowest BCUT2D eigenvalue weighted by molar-refractivity contribution is -0.151. The molecule has 2 aliphatic heterocycles. The van der Waals surface area contributed by atoms with Crippen molar-refractivity contribution in [1.82, 2.24) is 10.2 Å². The first kappa shape index (κ1) is 25.3. The number of carbonyl (C=O) groups is 3. The molecule has 2 saturated heterocycles. The molecule has 0 saturated carbocycles. The van der Waals surface area contributed by atoms with E-state index in [-0.39, 0.29) is 24.8 Å². The van der Waals surface area contributed by atoms with E-state index in [9.17, 15) is 19.5 Å². The van der Waals surface area contributed by atoms with Gasteiger partial charge < -0.3 is 9.84 Å². The number of imide groups is 1. The summed E-state index contributed by atoms with van der Waals surface area (Å²) in [6, 6.07) is 6.65. The zero-order chi connectivity index (χ0) is 24.0. The number of hydrogen-bond acceptors (Lipinski definition) is 6. The summed E-state index contributed by atoms with van der Waals surface area (Å²) in [6.07, 6.45) is 9.98. The maximum atomic E-state index is 13.5. The van der Waals surface area contributed by atoms with Gasteiger partial charge in [-0.1, -0.05) is 50.1 Å². The quantitative estimate of drug-likeness (QED) is 0.271. The first-order valence-electron chi connectivity index (χ1n) is 11.6. The van der Waals surface area contributed by atoms with Crippen LogP contribution in [0.4, 0.5) is 0 Å². The van der Waals surface area contributed by atoms with E-state index in [1.54, 1.807) is 13.2 Å². The number of aliphatic carboxylic acids is 1. The molecule has 2 heterocycles. The number of rotatable bonds is 12. The van der Waals surface area contributed by atoms with E-state index in [4.69, 9.17) is 4.74 Å². The van der Waals surface area contributed by atoms with Gasteiger partial charge in [0.15, 0.2) is 0 Å². The van der Waals surface area contributed by atoms with Crippen LogP contribution in [0.25, 0.3) is 0 Å². The van der Waals surface area contributed by atoms with Crippen molar-refractivity contribution in [2.24, 2.45) is 11.8 Å². The van der Waals surface area contributed by atoms with Crippen molar-refractivity contribution >= 4 is 29.5 Å². The molecular formula is C25H34N2O5S. The number of carbonyl (C=O) groups excluding carboxylic acids is 2. The Labute approximate surface area is 199 Å². The number of hydrogen-bond donors (Lipinski definition) is 2. The first-order chi connectivity index (χ1) is 15.9. The minimum atomic E-state index is -1.50. The Balaban J connectivity index is 1.96. The lowest BCUT2D eigenvalue weighted by atomic mass is 9.78. The third kappa shape index (κ3) is 4.82. The van der Waals surface area contributed by atoms with Crippen molar-refractivity contribution in [3.63, 3.8) is 0 Å². The van der Waals surface area contributed by atoms with Crippen LogP contribution in [0.15, 0.2) is 36.4 Å². The lowest BCUT2D eigenvalue weighted by Crippen LogP contribution is -2.56. The third-order valence-electron chi connectivity index (χ3n) is 6.71. The highest BCUT2D eigenvalue weighted by Crippen LogP contribution is 2.51. The predicted molar refractivity (Wildman–Crippen MR) is 129 cm³/mol. The number of methoxy groups -OCH3 is 1. The average Bonchev–Trinajstić information content (AvgIpc) is 3.29. The van der Waals surface area contributed by atoms with Gasteiger partial charge in [0.2, 0.25) is 11.8 Å². The van der Waals surface area contributed by atoms with E-state index < -0.39 is 29.4 Å². The van der Waals surface area contributed by atoms with E-state index in [0.29, 0.717) is 23.5 Å². The van der Waals surface area contributed by atoms with Gasteiger partial charge in [0.25, 0.3) is 0 Å². The van der Waals surface area contributed by atoms with Gasteiger partial charge in [-0.25, -0.2) is 0 Å². The Kier molecular flexibility index (Phi) is 8.59. The highest BCUT2D eigenvalue weighted by Gasteiger charge is 2.68. The largest absolute Gasteiger partial charge is 0.496 e. The number of allylic oxidation sites excluding steroid dienone is 1. The molecule has 2 aliphatic rings. The Hall–Kier alpha value is -2.32. The number of para-hydroxylation sites is 1. The fraction of sp³-hybridized carbons (Fsp3) is 0.560. The summed E-state index contributed by atoms with van der Waals surface area (Å²) in [7, 11) is 1.54. The summed E-state index contributed by atoms with van der Waals surface area (Å²) in [4.78, 5) is 41.0. The molecule has 2 amide bonds. The molecule has 4 unspecified atom stereocenters. The topological polar surface area (TPSA) is 95.9 Å². The number of thioether (sulfide) groups is 1. The van der Waals surface area contributed by atoms with Crippen LogP contribution < -0.4 is 10.1 Å². The maximum absolute atomic E-state index is 13.5. The Morgan fingerprint density at radius 2 is 1.97 bits per heavy atom. The van der Waals surface area contributed by atoms with Crippen LogP contribution in [-0.2, 0) is 14.4 Å². The van der Waals surface area contributed by atoms with E-state index in [1.807, 2.05) is 30.5 Å². The van der Waals surface area contributed by atoms with Gasteiger partial charge in [-0.3, -0.25) is 24.6 Å². The van der Waals surface area contributed by atoms with Crippen LogP contribution in [0.3, 0.4) is 0 Å². The zero-order valence-corrected chi connectivity index (χ0v) is 20.4. The van der Waals surface area contributed by atoms with E-state index >= 15 is 0 Å². The molecule has 1 aromatic rings. The summed E-state index contributed by atoms with van der Waals surface area (Å²) in [5.74, 6) is -2.39. The second-order valence-corrected chi connectivity index (χ2v) is 9.60. The normalized spacial score (nSPS) is 26.9. The van der Waals surface area contributed by atoms with Crippen molar-refractivity contribution in [3.8, 4) is 5.75 Å². The molecule has 8 heteroatoms. The van der Waals surface area contributed by atoms with Gasteiger partial charge in [0, 0.05) is 18.2 Å².